The maximum Gasteiger partial charge on any atom is 0.255 e. The van der Waals surface area contributed by atoms with E-state index in [9.17, 15) is 9.59 Å². The van der Waals surface area contributed by atoms with Crippen molar-refractivity contribution in [3.8, 4) is 0 Å². The van der Waals surface area contributed by atoms with Crippen LogP contribution in [-0.2, 0) is 4.79 Å². The Hall–Kier alpha value is -1.84. The maximum atomic E-state index is 12.1. The summed E-state index contributed by atoms with van der Waals surface area (Å²) >= 11 is 0. The Morgan fingerprint density at radius 1 is 1.05 bits per heavy atom. The van der Waals surface area contributed by atoms with Crippen LogP contribution in [0.1, 0.15) is 55.8 Å². The first-order chi connectivity index (χ1) is 10.1. The van der Waals surface area contributed by atoms with Crippen molar-refractivity contribution in [2.24, 2.45) is 0 Å². The lowest BCUT2D eigenvalue weighted by Crippen LogP contribution is -2.24. The van der Waals surface area contributed by atoms with Crippen molar-refractivity contribution < 1.29 is 9.59 Å². The second kappa shape index (κ2) is 9.16. The van der Waals surface area contributed by atoms with Crippen LogP contribution in [0.4, 0.5) is 5.69 Å². The number of carbonyl (C=O) groups is 2. The van der Waals surface area contributed by atoms with Gasteiger partial charge in [0.15, 0.2) is 0 Å². The van der Waals surface area contributed by atoms with Crippen molar-refractivity contribution in [3.63, 3.8) is 0 Å². The molecular weight excluding hydrogens is 264 g/mol. The molecule has 0 atom stereocenters. The first-order valence-electron chi connectivity index (χ1n) is 7.66. The van der Waals surface area contributed by atoms with E-state index in [0.717, 1.165) is 12.8 Å². The standard InChI is InChI=1S/C17H26N2O2/c1-4-5-6-7-8-13-16(20)18-15-12-10-9-11-14(15)17(21)19(2)3/h9-12H,4-8,13H2,1-3H3,(H,18,20). The van der Waals surface area contributed by atoms with Crippen molar-refractivity contribution in [1.82, 2.24) is 4.90 Å². The third kappa shape index (κ3) is 5.98. The molecule has 0 heterocycles. The molecule has 1 N–H and O–H groups in total. The zero-order chi connectivity index (χ0) is 15.7. The molecule has 4 heteroatoms. The lowest BCUT2D eigenvalue weighted by molar-refractivity contribution is -0.116. The SMILES string of the molecule is CCCCCCCC(=O)Nc1ccccc1C(=O)N(C)C. The zero-order valence-corrected chi connectivity index (χ0v) is 13.3. The summed E-state index contributed by atoms with van der Waals surface area (Å²) in [5, 5.41) is 2.85. The van der Waals surface area contributed by atoms with Crippen LogP contribution in [0.5, 0.6) is 0 Å². The smallest absolute Gasteiger partial charge is 0.255 e. The van der Waals surface area contributed by atoms with Crippen LogP contribution in [0, 0.1) is 0 Å². The van der Waals surface area contributed by atoms with Crippen LogP contribution in [0.3, 0.4) is 0 Å². The summed E-state index contributed by atoms with van der Waals surface area (Å²) in [6.07, 6.45) is 6.09. The molecule has 116 valence electrons. The normalized spacial score (nSPS) is 10.2. The lowest BCUT2D eigenvalue weighted by atomic mass is 10.1. The van der Waals surface area contributed by atoms with E-state index in [0.29, 0.717) is 17.7 Å². The van der Waals surface area contributed by atoms with Crippen molar-refractivity contribution in [2.45, 2.75) is 45.4 Å². The predicted octanol–water partition coefficient (Wildman–Crippen LogP) is 3.69. The summed E-state index contributed by atoms with van der Waals surface area (Å²) in [4.78, 5) is 25.5. The van der Waals surface area contributed by atoms with Gasteiger partial charge in [0, 0.05) is 20.5 Å². The number of amides is 2. The minimum absolute atomic E-state index is 0.0227. The molecule has 0 aliphatic rings. The molecule has 0 fully saturated rings. The van der Waals surface area contributed by atoms with Crippen LogP contribution in [0.25, 0.3) is 0 Å². The van der Waals surface area contributed by atoms with Gasteiger partial charge in [0.05, 0.1) is 11.3 Å². The Morgan fingerprint density at radius 2 is 1.71 bits per heavy atom. The van der Waals surface area contributed by atoms with Crippen LogP contribution >= 0.6 is 0 Å². The van der Waals surface area contributed by atoms with Gasteiger partial charge in [-0.3, -0.25) is 9.59 Å². The Bertz CT molecular complexity index is 470. The highest BCUT2D eigenvalue weighted by molar-refractivity contribution is 6.03. The molecule has 1 aromatic rings. The number of para-hydroxylation sites is 1. The van der Waals surface area contributed by atoms with Gasteiger partial charge in [-0.1, -0.05) is 44.7 Å². The largest absolute Gasteiger partial charge is 0.345 e. The van der Waals surface area contributed by atoms with Crippen LogP contribution in [0.2, 0.25) is 0 Å². The van der Waals surface area contributed by atoms with E-state index in [1.807, 2.05) is 6.07 Å². The molecule has 21 heavy (non-hydrogen) atoms. The number of hydrogen-bond acceptors (Lipinski definition) is 2. The van der Waals surface area contributed by atoms with Crippen molar-refractivity contribution in [2.75, 3.05) is 19.4 Å². The molecule has 0 radical (unpaired) electrons. The summed E-state index contributed by atoms with van der Waals surface area (Å²) in [7, 11) is 3.41. The highest BCUT2D eigenvalue weighted by atomic mass is 16.2. The van der Waals surface area contributed by atoms with Gasteiger partial charge in [-0.15, -0.1) is 0 Å². The van der Waals surface area contributed by atoms with Gasteiger partial charge in [0.1, 0.15) is 0 Å². The molecule has 0 aromatic heterocycles. The molecule has 1 aromatic carbocycles. The summed E-state index contributed by atoms with van der Waals surface area (Å²) < 4.78 is 0. The van der Waals surface area contributed by atoms with Gasteiger partial charge in [-0.05, 0) is 18.6 Å². The first kappa shape index (κ1) is 17.2. The first-order valence-corrected chi connectivity index (χ1v) is 7.66. The fourth-order valence-corrected chi connectivity index (χ4v) is 2.12. The number of nitrogens with zero attached hydrogens (tertiary/aromatic N) is 1. The van der Waals surface area contributed by atoms with Crippen molar-refractivity contribution in [3.05, 3.63) is 29.8 Å². The van der Waals surface area contributed by atoms with E-state index in [1.165, 1.54) is 24.2 Å². The van der Waals surface area contributed by atoms with E-state index >= 15 is 0 Å². The number of anilines is 1. The zero-order valence-electron chi connectivity index (χ0n) is 13.3. The van der Waals surface area contributed by atoms with Crippen LogP contribution < -0.4 is 5.32 Å². The number of carbonyl (C=O) groups excluding carboxylic acids is 2. The Morgan fingerprint density at radius 3 is 2.38 bits per heavy atom. The van der Waals surface area contributed by atoms with Crippen LogP contribution in [-0.4, -0.2) is 30.8 Å². The molecule has 4 nitrogen and oxygen atoms in total. The topological polar surface area (TPSA) is 49.4 Å². The molecule has 0 saturated heterocycles. The molecule has 0 aliphatic heterocycles. The molecule has 0 spiro atoms. The fraction of sp³-hybridized carbons (Fsp3) is 0.529. The average Bonchev–Trinajstić information content (AvgIpc) is 2.46. The number of hydrogen-bond donors (Lipinski definition) is 1. The number of benzene rings is 1. The second-order valence-electron chi connectivity index (χ2n) is 5.46. The highest BCUT2D eigenvalue weighted by Crippen LogP contribution is 2.17. The lowest BCUT2D eigenvalue weighted by Gasteiger charge is -2.14. The van der Waals surface area contributed by atoms with E-state index in [2.05, 4.69) is 12.2 Å². The van der Waals surface area contributed by atoms with Crippen molar-refractivity contribution in [1.29, 1.82) is 0 Å². The van der Waals surface area contributed by atoms with Crippen LogP contribution in [0.15, 0.2) is 24.3 Å². The number of rotatable bonds is 8. The quantitative estimate of drug-likeness (QED) is 0.742. The molecule has 1 rings (SSSR count). The molecular formula is C17H26N2O2. The maximum absolute atomic E-state index is 12.1. The van der Waals surface area contributed by atoms with Crippen molar-refractivity contribution >= 4 is 17.5 Å². The number of nitrogens with one attached hydrogen (secondary N) is 1. The van der Waals surface area contributed by atoms with Gasteiger partial charge in [-0.2, -0.15) is 0 Å². The fourth-order valence-electron chi connectivity index (χ4n) is 2.12. The Kier molecular flexibility index (Phi) is 7.51. The van der Waals surface area contributed by atoms with Gasteiger partial charge in [0.25, 0.3) is 5.91 Å². The van der Waals surface area contributed by atoms with Gasteiger partial charge < -0.3 is 10.2 Å². The van der Waals surface area contributed by atoms with E-state index < -0.39 is 0 Å². The second-order valence-corrected chi connectivity index (χ2v) is 5.46. The summed E-state index contributed by atoms with van der Waals surface area (Å²) in [5.41, 5.74) is 1.12. The van der Waals surface area contributed by atoms with Gasteiger partial charge in [0.2, 0.25) is 5.91 Å². The molecule has 0 unspecified atom stereocenters. The van der Waals surface area contributed by atoms with E-state index in [1.54, 1.807) is 32.3 Å². The minimum Gasteiger partial charge on any atom is -0.345 e. The van der Waals surface area contributed by atoms with Gasteiger partial charge >= 0.3 is 0 Å². The third-order valence-corrected chi connectivity index (χ3v) is 3.35. The number of unbranched alkanes of at least 4 members (excludes halogenated alkanes) is 4. The molecule has 0 bridgehead atoms. The van der Waals surface area contributed by atoms with E-state index in [-0.39, 0.29) is 11.8 Å². The highest BCUT2D eigenvalue weighted by Gasteiger charge is 2.14. The third-order valence-electron chi connectivity index (χ3n) is 3.35. The van der Waals surface area contributed by atoms with Gasteiger partial charge in [-0.25, -0.2) is 0 Å². The summed E-state index contributed by atoms with van der Waals surface area (Å²) in [5.74, 6) is -0.126. The monoisotopic (exact) mass is 290 g/mol. The molecule has 2 amide bonds. The summed E-state index contributed by atoms with van der Waals surface area (Å²) in [6, 6.07) is 7.13. The Balaban J connectivity index is 2.54. The minimum atomic E-state index is -0.103. The predicted molar refractivity (Wildman–Crippen MR) is 86.5 cm³/mol. The molecule has 0 saturated carbocycles. The average molecular weight is 290 g/mol. The summed E-state index contributed by atoms with van der Waals surface area (Å²) in [6.45, 7) is 2.17. The molecule has 0 aliphatic carbocycles. The Labute approximate surface area is 127 Å². The van der Waals surface area contributed by atoms with E-state index in [4.69, 9.17) is 0 Å².